The molecule has 0 saturated carbocycles. The molecular formula is C14H23BrN2O. The number of nitrogens with two attached hydrogens (primary N) is 1. The average molecular weight is 315 g/mol. The van der Waals surface area contributed by atoms with Gasteiger partial charge in [-0.1, -0.05) is 6.07 Å². The summed E-state index contributed by atoms with van der Waals surface area (Å²) in [5, 5.41) is 0. The number of anilines is 1. The largest absolute Gasteiger partial charge is 0.383 e. The highest BCUT2D eigenvalue weighted by Crippen LogP contribution is 2.30. The first-order valence-electron chi connectivity index (χ1n) is 6.28. The number of methoxy groups -OCH3 is 1. The van der Waals surface area contributed by atoms with Gasteiger partial charge in [0.25, 0.3) is 0 Å². The minimum Gasteiger partial charge on any atom is -0.383 e. The molecule has 0 aliphatic carbocycles. The van der Waals surface area contributed by atoms with Crippen LogP contribution in [0.2, 0.25) is 0 Å². The molecule has 0 radical (unpaired) electrons. The highest BCUT2D eigenvalue weighted by Gasteiger charge is 2.14. The Balaban J connectivity index is 2.98. The van der Waals surface area contributed by atoms with Crippen molar-refractivity contribution < 1.29 is 4.74 Å². The standard InChI is InChI=1S/C14H23BrN2O/c1-10(2)17(7-8-18-4)14-6-5-12(11(3)16)9-13(14)15/h5-6,9-11H,7-8,16H2,1-4H3. The van der Waals surface area contributed by atoms with Crippen LogP contribution in [-0.2, 0) is 4.74 Å². The van der Waals surface area contributed by atoms with E-state index in [1.54, 1.807) is 7.11 Å². The molecule has 1 unspecified atom stereocenters. The molecule has 2 N–H and O–H groups in total. The molecule has 0 heterocycles. The quantitative estimate of drug-likeness (QED) is 0.875. The Morgan fingerprint density at radius 1 is 1.33 bits per heavy atom. The third kappa shape index (κ3) is 3.97. The number of ether oxygens (including phenoxy) is 1. The van der Waals surface area contributed by atoms with E-state index in [9.17, 15) is 0 Å². The molecule has 0 aliphatic rings. The van der Waals surface area contributed by atoms with Crippen LogP contribution in [0, 0.1) is 0 Å². The first kappa shape index (κ1) is 15.5. The van der Waals surface area contributed by atoms with E-state index in [1.165, 1.54) is 5.69 Å². The molecule has 0 spiro atoms. The van der Waals surface area contributed by atoms with Gasteiger partial charge in [0.1, 0.15) is 0 Å². The third-order valence-electron chi connectivity index (χ3n) is 2.97. The van der Waals surface area contributed by atoms with Crippen LogP contribution >= 0.6 is 15.9 Å². The highest BCUT2D eigenvalue weighted by molar-refractivity contribution is 9.10. The fraction of sp³-hybridized carbons (Fsp3) is 0.571. The van der Waals surface area contributed by atoms with Crippen LogP contribution in [0.4, 0.5) is 5.69 Å². The first-order valence-corrected chi connectivity index (χ1v) is 7.07. The zero-order valence-electron chi connectivity index (χ0n) is 11.6. The molecule has 1 aromatic carbocycles. The molecule has 1 aromatic rings. The van der Waals surface area contributed by atoms with E-state index >= 15 is 0 Å². The molecule has 0 fully saturated rings. The van der Waals surface area contributed by atoms with Crippen LogP contribution in [0.15, 0.2) is 22.7 Å². The Morgan fingerprint density at radius 2 is 2.00 bits per heavy atom. The molecule has 0 bridgehead atoms. The lowest BCUT2D eigenvalue weighted by atomic mass is 10.1. The van der Waals surface area contributed by atoms with Gasteiger partial charge < -0.3 is 15.4 Å². The second-order valence-corrected chi connectivity index (χ2v) is 5.63. The fourth-order valence-electron chi connectivity index (χ4n) is 1.89. The number of benzene rings is 1. The summed E-state index contributed by atoms with van der Waals surface area (Å²) in [6.45, 7) is 7.96. The zero-order valence-corrected chi connectivity index (χ0v) is 13.2. The van der Waals surface area contributed by atoms with E-state index in [1.807, 2.05) is 6.92 Å². The van der Waals surface area contributed by atoms with E-state index in [0.717, 1.165) is 23.2 Å². The Labute approximate surface area is 118 Å². The predicted octanol–water partition coefficient (Wildman–Crippen LogP) is 3.33. The van der Waals surface area contributed by atoms with Crippen LogP contribution in [0.5, 0.6) is 0 Å². The van der Waals surface area contributed by atoms with Crippen molar-refractivity contribution in [3.05, 3.63) is 28.2 Å². The fourth-order valence-corrected chi connectivity index (χ4v) is 2.51. The molecule has 4 heteroatoms. The van der Waals surface area contributed by atoms with Gasteiger partial charge in [0, 0.05) is 30.2 Å². The van der Waals surface area contributed by atoms with Gasteiger partial charge in [-0.05, 0) is 54.4 Å². The van der Waals surface area contributed by atoms with Gasteiger partial charge in [-0.25, -0.2) is 0 Å². The monoisotopic (exact) mass is 314 g/mol. The maximum absolute atomic E-state index is 5.89. The molecule has 0 saturated heterocycles. The maximum Gasteiger partial charge on any atom is 0.0637 e. The van der Waals surface area contributed by atoms with Gasteiger partial charge in [0.05, 0.1) is 12.3 Å². The normalized spacial score (nSPS) is 12.8. The van der Waals surface area contributed by atoms with Crippen molar-refractivity contribution in [2.75, 3.05) is 25.2 Å². The summed E-state index contributed by atoms with van der Waals surface area (Å²) in [6.07, 6.45) is 0. The molecule has 1 rings (SSSR count). The van der Waals surface area contributed by atoms with Gasteiger partial charge in [-0.15, -0.1) is 0 Å². The summed E-state index contributed by atoms with van der Waals surface area (Å²) in [4.78, 5) is 2.32. The van der Waals surface area contributed by atoms with Crippen LogP contribution in [0.1, 0.15) is 32.4 Å². The number of hydrogen-bond donors (Lipinski definition) is 1. The Bertz CT molecular complexity index is 380. The van der Waals surface area contributed by atoms with E-state index in [-0.39, 0.29) is 6.04 Å². The molecule has 3 nitrogen and oxygen atoms in total. The summed E-state index contributed by atoms with van der Waals surface area (Å²) in [6, 6.07) is 6.80. The van der Waals surface area contributed by atoms with E-state index < -0.39 is 0 Å². The Hall–Kier alpha value is -0.580. The second-order valence-electron chi connectivity index (χ2n) is 4.78. The van der Waals surface area contributed by atoms with Crippen molar-refractivity contribution in [1.82, 2.24) is 0 Å². The van der Waals surface area contributed by atoms with Crippen molar-refractivity contribution in [1.29, 1.82) is 0 Å². The summed E-state index contributed by atoms with van der Waals surface area (Å²) in [7, 11) is 1.73. The summed E-state index contributed by atoms with van der Waals surface area (Å²) in [5.74, 6) is 0. The summed E-state index contributed by atoms with van der Waals surface area (Å²) in [5.41, 5.74) is 8.22. The average Bonchev–Trinajstić information content (AvgIpc) is 2.30. The molecule has 18 heavy (non-hydrogen) atoms. The molecular weight excluding hydrogens is 292 g/mol. The van der Waals surface area contributed by atoms with Crippen LogP contribution in [0.25, 0.3) is 0 Å². The van der Waals surface area contributed by atoms with Crippen molar-refractivity contribution in [2.24, 2.45) is 5.73 Å². The van der Waals surface area contributed by atoms with Crippen LogP contribution in [-0.4, -0.2) is 26.3 Å². The zero-order chi connectivity index (χ0) is 13.7. The minimum absolute atomic E-state index is 0.0572. The van der Waals surface area contributed by atoms with E-state index in [2.05, 4.69) is 52.9 Å². The molecule has 1 atom stereocenters. The Kier molecular flexibility index (Phi) is 6.12. The van der Waals surface area contributed by atoms with Gasteiger partial charge in [0.2, 0.25) is 0 Å². The van der Waals surface area contributed by atoms with Crippen LogP contribution in [0.3, 0.4) is 0 Å². The topological polar surface area (TPSA) is 38.5 Å². The number of nitrogens with zero attached hydrogens (tertiary/aromatic N) is 1. The maximum atomic E-state index is 5.89. The van der Waals surface area contributed by atoms with Gasteiger partial charge in [-0.2, -0.15) is 0 Å². The van der Waals surface area contributed by atoms with Crippen molar-refractivity contribution in [3.8, 4) is 0 Å². The van der Waals surface area contributed by atoms with Crippen molar-refractivity contribution in [2.45, 2.75) is 32.9 Å². The van der Waals surface area contributed by atoms with Crippen molar-refractivity contribution in [3.63, 3.8) is 0 Å². The van der Waals surface area contributed by atoms with E-state index in [4.69, 9.17) is 10.5 Å². The molecule has 0 amide bonds. The summed E-state index contributed by atoms with van der Waals surface area (Å²) >= 11 is 3.64. The number of rotatable bonds is 6. The second kappa shape index (κ2) is 7.12. The lowest BCUT2D eigenvalue weighted by Gasteiger charge is -2.30. The van der Waals surface area contributed by atoms with Crippen molar-refractivity contribution >= 4 is 21.6 Å². The highest BCUT2D eigenvalue weighted by atomic mass is 79.9. The lowest BCUT2D eigenvalue weighted by Crippen LogP contribution is -2.34. The molecule has 0 aromatic heterocycles. The van der Waals surface area contributed by atoms with Crippen LogP contribution < -0.4 is 10.6 Å². The molecule has 102 valence electrons. The number of hydrogen-bond acceptors (Lipinski definition) is 3. The van der Waals surface area contributed by atoms with Gasteiger partial charge in [0.15, 0.2) is 0 Å². The van der Waals surface area contributed by atoms with Gasteiger partial charge >= 0.3 is 0 Å². The SMILES string of the molecule is COCCN(c1ccc(C(C)N)cc1Br)C(C)C. The summed E-state index contributed by atoms with van der Waals surface area (Å²) < 4.78 is 6.25. The third-order valence-corrected chi connectivity index (χ3v) is 3.60. The lowest BCUT2D eigenvalue weighted by molar-refractivity contribution is 0.204. The Morgan fingerprint density at radius 3 is 2.44 bits per heavy atom. The molecule has 0 aliphatic heterocycles. The van der Waals surface area contributed by atoms with E-state index in [0.29, 0.717) is 6.04 Å². The number of halogens is 1. The predicted molar refractivity (Wildman–Crippen MR) is 81.1 cm³/mol. The smallest absolute Gasteiger partial charge is 0.0637 e. The first-order chi connectivity index (χ1) is 8.47. The van der Waals surface area contributed by atoms with Gasteiger partial charge in [-0.3, -0.25) is 0 Å². The minimum atomic E-state index is 0.0572.